The number of nitrogens with one attached hydrogen (secondary N) is 1. The summed E-state index contributed by atoms with van der Waals surface area (Å²) in [7, 11) is 1.35. The topological polar surface area (TPSA) is 59.1 Å². The minimum atomic E-state index is -0.493. The fourth-order valence-corrected chi connectivity index (χ4v) is 1.14. The third-order valence-corrected chi connectivity index (χ3v) is 1.68. The maximum absolute atomic E-state index is 13.2. The minimum absolute atomic E-state index is 0.0260. The van der Waals surface area contributed by atoms with Gasteiger partial charge >= 0.3 is 0 Å². The maximum atomic E-state index is 13.2. The average Bonchev–Trinajstić information content (AvgIpc) is 2.02. The van der Waals surface area contributed by atoms with E-state index in [-0.39, 0.29) is 11.6 Å². The molecule has 0 unspecified atom stereocenters. The van der Waals surface area contributed by atoms with Gasteiger partial charge in [-0.15, -0.1) is 0 Å². The second-order valence-corrected chi connectivity index (χ2v) is 2.74. The molecule has 0 fully saturated rings. The summed E-state index contributed by atoms with van der Waals surface area (Å²) >= 11 is 0. The molecule has 0 aromatic heterocycles. The molecule has 3 nitrogen and oxygen atoms in total. The van der Waals surface area contributed by atoms with Gasteiger partial charge in [-0.3, -0.25) is 5.41 Å². The molecular weight excluding hydrogens is 171 g/mol. The number of methoxy groups -OCH3 is 1. The number of amidine groups is 1. The molecule has 0 aliphatic heterocycles. The van der Waals surface area contributed by atoms with Crippen LogP contribution in [0.15, 0.2) is 12.1 Å². The first-order valence-corrected chi connectivity index (χ1v) is 3.74. The normalized spacial score (nSPS) is 9.77. The van der Waals surface area contributed by atoms with Gasteiger partial charge in [-0.25, -0.2) is 4.39 Å². The van der Waals surface area contributed by atoms with Crippen molar-refractivity contribution in [1.29, 1.82) is 5.41 Å². The molecule has 3 N–H and O–H groups in total. The number of nitrogens with two attached hydrogens (primary N) is 1. The SMILES string of the molecule is COc1c(F)cc(C)cc1C(=N)N. The van der Waals surface area contributed by atoms with Gasteiger partial charge in [-0.1, -0.05) is 0 Å². The molecule has 1 aromatic rings. The lowest BCUT2D eigenvalue weighted by molar-refractivity contribution is 0.385. The fourth-order valence-electron chi connectivity index (χ4n) is 1.14. The molecule has 0 saturated heterocycles. The van der Waals surface area contributed by atoms with E-state index in [9.17, 15) is 4.39 Å². The van der Waals surface area contributed by atoms with Gasteiger partial charge in [-0.2, -0.15) is 0 Å². The van der Waals surface area contributed by atoms with E-state index < -0.39 is 5.82 Å². The number of hydrogen-bond acceptors (Lipinski definition) is 2. The largest absolute Gasteiger partial charge is 0.493 e. The van der Waals surface area contributed by atoms with Crippen molar-refractivity contribution < 1.29 is 9.13 Å². The van der Waals surface area contributed by atoms with E-state index in [4.69, 9.17) is 15.9 Å². The van der Waals surface area contributed by atoms with E-state index in [0.717, 1.165) is 0 Å². The van der Waals surface area contributed by atoms with Gasteiger partial charge < -0.3 is 10.5 Å². The van der Waals surface area contributed by atoms with E-state index >= 15 is 0 Å². The summed E-state index contributed by atoms with van der Waals surface area (Å²) in [6.45, 7) is 1.73. The summed E-state index contributed by atoms with van der Waals surface area (Å²) in [4.78, 5) is 0. The standard InChI is InChI=1S/C9H11FN2O/c1-5-3-6(9(11)12)8(13-2)7(10)4-5/h3-4H,1-2H3,(H3,11,12). The van der Waals surface area contributed by atoms with Gasteiger partial charge in [-0.05, 0) is 24.6 Å². The quantitative estimate of drug-likeness (QED) is 0.537. The first-order chi connectivity index (χ1) is 6.06. The molecule has 0 saturated carbocycles. The Morgan fingerprint density at radius 2 is 2.15 bits per heavy atom. The molecular formula is C9H11FN2O. The van der Waals surface area contributed by atoms with Crippen molar-refractivity contribution in [2.45, 2.75) is 6.92 Å². The molecule has 0 amide bonds. The Labute approximate surface area is 75.8 Å². The third kappa shape index (κ3) is 1.77. The average molecular weight is 182 g/mol. The number of rotatable bonds is 2. The van der Waals surface area contributed by atoms with Crippen LogP contribution >= 0.6 is 0 Å². The summed E-state index contributed by atoms with van der Waals surface area (Å²) in [6.07, 6.45) is 0. The second-order valence-electron chi connectivity index (χ2n) is 2.74. The van der Waals surface area contributed by atoms with Crippen LogP contribution in [0.1, 0.15) is 11.1 Å². The molecule has 0 radical (unpaired) electrons. The zero-order chi connectivity index (χ0) is 10.0. The van der Waals surface area contributed by atoms with Crippen LogP contribution in [0.5, 0.6) is 5.75 Å². The second kappa shape index (κ2) is 3.43. The Kier molecular flexibility index (Phi) is 2.51. The molecule has 70 valence electrons. The van der Waals surface area contributed by atoms with Gasteiger partial charge in [0.15, 0.2) is 11.6 Å². The highest BCUT2D eigenvalue weighted by molar-refractivity contribution is 5.97. The van der Waals surface area contributed by atoms with Gasteiger partial charge in [0.1, 0.15) is 5.84 Å². The van der Waals surface area contributed by atoms with E-state index in [1.807, 2.05) is 0 Å². The van der Waals surface area contributed by atoms with Crippen LogP contribution in [0.4, 0.5) is 4.39 Å². The van der Waals surface area contributed by atoms with Crippen LogP contribution in [-0.4, -0.2) is 12.9 Å². The zero-order valence-electron chi connectivity index (χ0n) is 7.52. The van der Waals surface area contributed by atoms with Crippen LogP contribution in [0.2, 0.25) is 0 Å². The third-order valence-electron chi connectivity index (χ3n) is 1.68. The zero-order valence-corrected chi connectivity index (χ0v) is 7.52. The van der Waals surface area contributed by atoms with Crippen LogP contribution in [0.3, 0.4) is 0 Å². The van der Waals surface area contributed by atoms with Crippen molar-refractivity contribution in [1.82, 2.24) is 0 Å². The Morgan fingerprint density at radius 3 is 2.62 bits per heavy atom. The summed E-state index contributed by atoms with van der Waals surface area (Å²) in [5.41, 5.74) is 6.27. The maximum Gasteiger partial charge on any atom is 0.166 e. The molecule has 0 heterocycles. The number of halogens is 1. The molecule has 0 atom stereocenters. The van der Waals surface area contributed by atoms with Crippen molar-refractivity contribution in [2.24, 2.45) is 5.73 Å². The lowest BCUT2D eigenvalue weighted by Crippen LogP contribution is -2.13. The van der Waals surface area contributed by atoms with E-state index in [0.29, 0.717) is 11.1 Å². The lowest BCUT2D eigenvalue weighted by Gasteiger charge is -2.08. The fraction of sp³-hybridized carbons (Fsp3) is 0.222. The summed E-state index contributed by atoms with van der Waals surface area (Å²) in [5.74, 6) is -0.662. The number of hydrogen-bond donors (Lipinski definition) is 2. The highest BCUT2D eigenvalue weighted by Gasteiger charge is 2.11. The van der Waals surface area contributed by atoms with Crippen molar-refractivity contribution in [2.75, 3.05) is 7.11 Å². The Hall–Kier alpha value is -1.58. The predicted octanol–water partition coefficient (Wildman–Crippen LogP) is 1.43. The number of benzene rings is 1. The van der Waals surface area contributed by atoms with Crippen LogP contribution < -0.4 is 10.5 Å². The molecule has 13 heavy (non-hydrogen) atoms. The summed E-state index contributed by atoms with van der Waals surface area (Å²) < 4.78 is 18.0. The van der Waals surface area contributed by atoms with Crippen molar-refractivity contribution >= 4 is 5.84 Å². The summed E-state index contributed by atoms with van der Waals surface area (Å²) in [5, 5.41) is 7.20. The predicted molar refractivity (Wildman–Crippen MR) is 48.7 cm³/mol. The van der Waals surface area contributed by atoms with Crippen LogP contribution in [0, 0.1) is 18.2 Å². The van der Waals surface area contributed by atoms with Crippen molar-refractivity contribution in [3.63, 3.8) is 0 Å². The van der Waals surface area contributed by atoms with Gasteiger partial charge in [0.2, 0.25) is 0 Å². The molecule has 0 spiro atoms. The molecule has 4 heteroatoms. The first kappa shape index (κ1) is 9.51. The highest BCUT2D eigenvalue weighted by Crippen LogP contribution is 2.23. The van der Waals surface area contributed by atoms with Crippen molar-refractivity contribution in [3.05, 3.63) is 29.1 Å². The monoisotopic (exact) mass is 182 g/mol. The van der Waals surface area contributed by atoms with E-state index in [1.54, 1.807) is 13.0 Å². The van der Waals surface area contributed by atoms with Crippen molar-refractivity contribution in [3.8, 4) is 5.75 Å². The number of nitrogen functional groups attached to an aromatic ring is 1. The lowest BCUT2D eigenvalue weighted by atomic mass is 10.1. The van der Waals surface area contributed by atoms with Gasteiger partial charge in [0.05, 0.1) is 12.7 Å². The van der Waals surface area contributed by atoms with E-state index in [1.165, 1.54) is 13.2 Å². The molecule has 0 bridgehead atoms. The smallest absolute Gasteiger partial charge is 0.166 e. The molecule has 1 aromatic carbocycles. The molecule has 0 aliphatic carbocycles. The van der Waals surface area contributed by atoms with Crippen LogP contribution in [-0.2, 0) is 0 Å². The Balaban J connectivity index is 3.38. The highest BCUT2D eigenvalue weighted by atomic mass is 19.1. The molecule has 0 aliphatic rings. The van der Waals surface area contributed by atoms with Gasteiger partial charge in [0, 0.05) is 0 Å². The van der Waals surface area contributed by atoms with Gasteiger partial charge in [0.25, 0.3) is 0 Å². The minimum Gasteiger partial charge on any atom is -0.493 e. The number of aryl methyl sites for hydroxylation is 1. The number of ether oxygens (including phenoxy) is 1. The first-order valence-electron chi connectivity index (χ1n) is 3.74. The Morgan fingerprint density at radius 1 is 1.54 bits per heavy atom. The van der Waals surface area contributed by atoms with Crippen LogP contribution in [0.25, 0.3) is 0 Å². The van der Waals surface area contributed by atoms with E-state index in [2.05, 4.69) is 0 Å². The molecule has 1 rings (SSSR count). The summed E-state index contributed by atoms with van der Waals surface area (Å²) in [6, 6.07) is 2.95. The Bertz CT molecular complexity index is 350.